The Kier molecular flexibility index (Phi) is 7.07. The molecule has 9 heteroatoms. The summed E-state index contributed by atoms with van der Waals surface area (Å²) in [6, 6.07) is 8.63. The molecule has 0 saturated carbocycles. The van der Waals surface area contributed by atoms with E-state index in [1.165, 1.54) is 32.5 Å². The van der Waals surface area contributed by atoms with Crippen LogP contribution < -0.4 is 4.74 Å². The normalized spacial score (nSPS) is 24.2. The fourth-order valence-corrected chi connectivity index (χ4v) is 3.81. The second kappa shape index (κ2) is 9.28. The highest BCUT2D eigenvalue weighted by Crippen LogP contribution is 2.35. The number of hydrogen-bond donors (Lipinski definition) is 0. The molecule has 1 aliphatic rings. The first-order valence-electron chi connectivity index (χ1n) is 8.11. The van der Waals surface area contributed by atoms with E-state index in [2.05, 4.69) is 0 Å². The monoisotopic (exact) mass is 393 g/mol. The first kappa shape index (κ1) is 20.6. The molecule has 0 aromatic heterocycles. The lowest BCUT2D eigenvalue weighted by Gasteiger charge is -2.39. The topological polar surface area (TPSA) is 112 Å². The first-order valence-corrected chi connectivity index (χ1v) is 9.15. The van der Waals surface area contributed by atoms with Crippen LogP contribution in [0.3, 0.4) is 0 Å². The summed E-state index contributed by atoms with van der Waals surface area (Å²) in [5.74, 6) is -1.20. The Morgan fingerprint density at radius 2 is 1.59 bits per heavy atom. The van der Waals surface area contributed by atoms with Crippen molar-refractivity contribution in [3.8, 4) is 11.8 Å². The number of carbonyl (C=O) groups excluding carboxylic acids is 3. The molecule has 1 aliphatic heterocycles. The van der Waals surface area contributed by atoms with Crippen molar-refractivity contribution >= 4 is 29.7 Å². The van der Waals surface area contributed by atoms with Gasteiger partial charge in [0, 0.05) is 26.5 Å². The number of benzene rings is 1. The van der Waals surface area contributed by atoms with Crippen molar-refractivity contribution in [1.82, 2.24) is 0 Å². The lowest BCUT2D eigenvalue weighted by molar-refractivity contribution is -0.186. The summed E-state index contributed by atoms with van der Waals surface area (Å²) >= 11 is 1.23. The van der Waals surface area contributed by atoms with E-state index in [9.17, 15) is 19.6 Å². The van der Waals surface area contributed by atoms with Gasteiger partial charge >= 0.3 is 17.9 Å². The molecule has 0 aliphatic carbocycles. The molecule has 0 amide bonds. The number of para-hydroxylation sites is 1. The zero-order valence-corrected chi connectivity index (χ0v) is 15.9. The van der Waals surface area contributed by atoms with Crippen molar-refractivity contribution in [1.29, 1.82) is 5.26 Å². The molecule has 1 saturated heterocycles. The summed E-state index contributed by atoms with van der Waals surface area (Å²) in [5.41, 5.74) is -0.453. The van der Waals surface area contributed by atoms with Crippen LogP contribution in [0.15, 0.2) is 24.3 Å². The van der Waals surface area contributed by atoms with Gasteiger partial charge in [0.2, 0.25) is 0 Å². The van der Waals surface area contributed by atoms with Crippen LogP contribution in [0.4, 0.5) is 0 Å². The number of rotatable bonds is 5. The van der Waals surface area contributed by atoms with Gasteiger partial charge in [-0.25, -0.2) is 0 Å². The molecule has 8 nitrogen and oxygen atoms in total. The number of hydrogen-bond acceptors (Lipinski definition) is 9. The summed E-state index contributed by atoms with van der Waals surface area (Å²) in [6.07, 6.45) is -2.86. The zero-order chi connectivity index (χ0) is 20.0. The Labute approximate surface area is 160 Å². The molecule has 0 unspecified atom stereocenters. The summed E-state index contributed by atoms with van der Waals surface area (Å²) in [6.45, 7) is 3.66. The molecule has 27 heavy (non-hydrogen) atoms. The molecule has 1 fully saturated rings. The molecule has 2 rings (SSSR count). The Bertz CT molecular complexity index is 760. The van der Waals surface area contributed by atoms with E-state index < -0.39 is 41.7 Å². The van der Waals surface area contributed by atoms with E-state index in [-0.39, 0.29) is 5.75 Å². The summed E-state index contributed by atoms with van der Waals surface area (Å²) in [7, 11) is 0. The van der Waals surface area contributed by atoms with Gasteiger partial charge in [-0.3, -0.25) is 14.4 Å². The number of thioether (sulfide) groups is 1. The highest BCUT2D eigenvalue weighted by atomic mass is 32.2. The number of nitrogens with zero attached hydrogens (tertiary/aromatic N) is 1. The van der Waals surface area contributed by atoms with Crippen molar-refractivity contribution in [3.05, 3.63) is 29.8 Å². The molecular formula is C18H19NO7S. The third kappa shape index (κ3) is 5.62. The van der Waals surface area contributed by atoms with Crippen LogP contribution in [-0.4, -0.2) is 47.4 Å². The maximum atomic E-state index is 11.6. The molecule has 1 heterocycles. The van der Waals surface area contributed by atoms with Crippen molar-refractivity contribution in [2.75, 3.05) is 5.75 Å². The van der Waals surface area contributed by atoms with E-state index in [1.54, 1.807) is 24.3 Å². The molecule has 4 atom stereocenters. The number of esters is 3. The highest BCUT2D eigenvalue weighted by Gasteiger charge is 2.47. The molecule has 144 valence electrons. The van der Waals surface area contributed by atoms with Gasteiger partial charge in [-0.05, 0) is 12.1 Å². The van der Waals surface area contributed by atoms with Crippen LogP contribution in [0.1, 0.15) is 26.3 Å². The minimum atomic E-state index is -1.03. The fraction of sp³-hybridized carbons (Fsp3) is 0.444. The zero-order valence-electron chi connectivity index (χ0n) is 15.0. The third-order valence-corrected chi connectivity index (χ3v) is 4.77. The standard InChI is InChI=1S/C18H19NO7S/c1-10(20)23-15-9-27-18(26-14-7-5-4-6-13(14)8-19)17(25-12(3)22)16(15)24-11(2)21/h4-7,15-18H,9H2,1-3H3/t15-,16+,17-,18-/m1/s1. The summed E-state index contributed by atoms with van der Waals surface area (Å²) in [5, 5.41) is 9.22. The van der Waals surface area contributed by atoms with Crippen molar-refractivity contribution in [3.63, 3.8) is 0 Å². The maximum absolute atomic E-state index is 11.6. The molecule has 1 aromatic carbocycles. The lowest BCUT2D eigenvalue weighted by Crippen LogP contribution is -2.55. The predicted molar refractivity (Wildman–Crippen MR) is 94.7 cm³/mol. The predicted octanol–water partition coefficient (Wildman–Crippen LogP) is 1.81. The molecule has 1 aromatic rings. The molecule has 0 spiro atoms. The molecular weight excluding hydrogens is 374 g/mol. The van der Waals surface area contributed by atoms with Crippen LogP contribution in [0.2, 0.25) is 0 Å². The average Bonchev–Trinajstić information content (AvgIpc) is 2.59. The van der Waals surface area contributed by atoms with Gasteiger partial charge in [-0.15, -0.1) is 11.8 Å². The van der Waals surface area contributed by atoms with E-state index >= 15 is 0 Å². The minimum Gasteiger partial charge on any atom is -0.474 e. The van der Waals surface area contributed by atoms with Gasteiger partial charge in [-0.1, -0.05) is 12.1 Å². The van der Waals surface area contributed by atoms with Crippen molar-refractivity contribution < 1.29 is 33.3 Å². The Morgan fingerprint density at radius 3 is 2.19 bits per heavy atom. The molecule has 0 N–H and O–H groups in total. The minimum absolute atomic E-state index is 0.259. The van der Waals surface area contributed by atoms with Crippen LogP contribution in [0.5, 0.6) is 5.75 Å². The Morgan fingerprint density at radius 1 is 1.00 bits per heavy atom. The quantitative estimate of drug-likeness (QED) is 0.546. The number of nitriles is 1. The van der Waals surface area contributed by atoms with Crippen molar-refractivity contribution in [2.45, 2.75) is 44.5 Å². The third-order valence-electron chi connectivity index (χ3n) is 3.56. The SMILES string of the molecule is CC(=O)O[C@@H]1[C@@H](OC(C)=O)[C@H](OC(C)=O)CS[C@H]1Oc1ccccc1C#N. The second-order valence-corrected chi connectivity index (χ2v) is 6.85. The lowest BCUT2D eigenvalue weighted by atomic mass is 10.1. The molecule has 0 bridgehead atoms. The highest BCUT2D eigenvalue weighted by molar-refractivity contribution is 7.99. The Balaban J connectivity index is 2.32. The van der Waals surface area contributed by atoms with Gasteiger partial charge in [0.15, 0.2) is 23.7 Å². The van der Waals surface area contributed by atoms with E-state index in [0.29, 0.717) is 11.3 Å². The number of carbonyl (C=O) groups is 3. The smallest absolute Gasteiger partial charge is 0.303 e. The average molecular weight is 393 g/mol. The number of ether oxygens (including phenoxy) is 4. The van der Waals surface area contributed by atoms with Gasteiger partial charge in [0.25, 0.3) is 0 Å². The van der Waals surface area contributed by atoms with E-state index in [1.807, 2.05) is 6.07 Å². The largest absolute Gasteiger partial charge is 0.474 e. The fourth-order valence-electron chi connectivity index (χ4n) is 2.60. The van der Waals surface area contributed by atoms with Crippen LogP contribution >= 0.6 is 11.8 Å². The van der Waals surface area contributed by atoms with Gasteiger partial charge in [0.1, 0.15) is 11.8 Å². The van der Waals surface area contributed by atoms with Gasteiger partial charge in [-0.2, -0.15) is 5.26 Å². The van der Waals surface area contributed by atoms with E-state index in [4.69, 9.17) is 18.9 Å². The van der Waals surface area contributed by atoms with Crippen LogP contribution in [0.25, 0.3) is 0 Å². The van der Waals surface area contributed by atoms with Crippen molar-refractivity contribution in [2.24, 2.45) is 0 Å². The van der Waals surface area contributed by atoms with Crippen LogP contribution in [-0.2, 0) is 28.6 Å². The maximum Gasteiger partial charge on any atom is 0.303 e. The summed E-state index contributed by atoms with van der Waals surface area (Å²) < 4.78 is 21.7. The Hall–Kier alpha value is -2.73. The summed E-state index contributed by atoms with van der Waals surface area (Å²) in [4.78, 5) is 34.5. The second-order valence-electron chi connectivity index (χ2n) is 5.72. The van der Waals surface area contributed by atoms with Gasteiger partial charge < -0.3 is 18.9 Å². The van der Waals surface area contributed by atoms with Gasteiger partial charge in [0.05, 0.1) is 5.56 Å². The van der Waals surface area contributed by atoms with E-state index in [0.717, 1.165) is 0 Å². The first-order chi connectivity index (χ1) is 12.8. The molecule has 0 radical (unpaired) electrons. The van der Waals surface area contributed by atoms with Crippen LogP contribution in [0, 0.1) is 11.3 Å².